The van der Waals surface area contributed by atoms with E-state index in [0.29, 0.717) is 17.6 Å². The van der Waals surface area contributed by atoms with Crippen molar-refractivity contribution in [3.8, 4) is 39.9 Å². The fourth-order valence-corrected chi connectivity index (χ4v) is 7.64. The first-order valence-electron chi connectivity index (χ1n) is 16.9. The molecule has 238 valence electrons. The number of rotatable bonds is 4. The minimum Gasteiger partial charge on any atom is -0.456 e. The van der Waals surface area contributed by atoms with E-state index in [4.69, 9.17) is 23.8 Å². The molecule has 6 nitrogen and oxygen atoms in total. The molecule has 0 aliphatic heterocycles. The Hall–Kier alpha value is -7.05. The SMILES string of the molecule is c1ccc(-c2nc(-c3cccc4oc5ccc(-c6cccc7oc8ccccc8c67)cc5c34)nc(-n3c4ccccc4c4ccccc43)n2)cc1. The van der Waals surface area contributed by atoms with Crippen molar-refractivity contribution >= 4 is 65.7 Å². The maximum absolute atomic E-state index is 6.49. The van der Waals surface area contributed by atoms with Gasteiger partial charge in [0.25, 0.3) is 0 Å². The highest BCUT2D eigenvalue weighted by Crippen LogP contribution is 2.41. The molecule has 0 fully saturated rings. The molecule has 0 radical (unpaired) electrons. The van der Waals surface area contributed by atoms with Crippen molar-refractivity contribution in [2.75, 3.05) is 0 Å². The van der Waals surface area contributed by atoms with Crippen molar-refractivity contribution < 1.29 is 8.83 Å². The molecule has 6 heteroatoms. The van der Waals surface area contributed by atoms with Crippen LogP contribution in [-0.4, -0.2) is 19.5 Å². The zero-order chi connectivity index (χ0) is 33.5. The average molecular weight is 655 g/mol. The van der Waals surface area contributed by atoms with Crippen molar-refractivity contribution in [3.05, 3.63) is 158 Å². The summed E-state index contributed by atoms with van der Waals surface area (Å²) >= 11 is 0. The van der Waals surface area contributed by atoms with Crippen LogP contribution in [-0.2, 0) is 0 Å². The molecule has 0 spiro atoms. The number of furan rings is 2. The Kier molecular flexibility index (Phi) is 5.86. The highest BCUT2D eigenvalue weighted by Gasteiger charge is 2.21. The highest BCUT2D eigenvalue weighted by molar-refractivity contribution is 6.16. The van der Waals surface area contributed by atoms with Crippen LogP contribution in [0.15, 0.2) is 167 Å². The molecule has 0 aliphatic rings. The molecule has 11 aromatic rings. The second kappa shape index (κ2) is 10.7. The third kappa shape index (κ3) is 4.20. The van der Waals surface area contributed by atoms with Gasteiger partial charge in [0, 0.05) is 43.4 Å². The van der Waals surface area contributed by atoms with Gasteiger partial charge in [-0.2, -0.15) is 9.97 Å². The lowest BCUT2D eigenvalue weighted by Crippen LogP contribution is -2.06. The summed E-state index contributed by atoms with van der Waals surface area (Å²) in [6.45, 7) is 0. The van der Waals surface area contributed by atoms with Gasteiger partial charge in [-0.15, -0.1) is 0 Å². The van der Waals surface area contributed by atoms with E-state index >= 15 is 0 Å². The lowest BCUT2D eigenvalue weighted by molar-refractivity contribution is 0.669. The molecule has 4 heterocycles. The first kappa shape index (κ1) is 27.9. The van der Waals surface area contributed by atoms with Crippen LogP contribution in [0.3, 0.4) is 0 Å². The molecular weight excluding hydrogens is 629 g/mol. The van der Waals surface area contributed by atoms with Gasteiger partial charge < -0.3 is 8.83 Å². The molecule has 51 heavy (non-hydrogen) atoms. The number of benzene rings is 7. The van der Waals surface area contributed by atoms with Crippen molar-refractivity contribution in [1.82, 2.24) is 19.5 Å². The monoisotopic (exact) mass is 654 g/mol. The number of aromatic nitrogens is 4. The quantitative estimate of drug-likeness (QED) is 0.189. The summed E-state index contributed by atoms with van der Waals surface area (Å²) in [5, 5.41) is 6.43. The molecule has 0 saturated heterocycles. The van der Waals surface area contributed by atoms with Gasteiger partial charge in [0.2, 0.25) is 5.95 Å². The molecular formula is C45H26N4O2. The standard InChI is InChI=1S/C45H26N4O2/c1-2-12-27(13-3-1)43-46-44(48-45(47-43)49-35-19-7-4-14-30(35)31-15-5-8-20-36(31)49)33-18-11-23-40-42(33)34-26-28(24-25-38(34)51-40)29-17-10-22-39-41(29)32-16-6-9-21-37(32)50-39/h1-26H. The van der Waals surface area contributed by atoms with E-state index in [1.54, 1.807) is 0 Å². The molecule has 0 bridgehead atoms. The summed E-state index contributed by atoms with van der Waals surface area (Å²) in [5.41, 5.74) is 9.34. The Morgan fingerprint density at radius 1 is 0.373 bits per heavy atom. The molecule has 4 aromatic heterocycles. The van der Waals surface area contributed by atoms with Gasteiger partial charge in [-0.1, -0.05) is 115 Å². The van der Waals surface area contributed by atoms with E-state index in [-0.39, 0.29) is 0 Å². The number of fused-ring (bicyclic) bond motifs is 9. The fourth-order valence-electron chi connectivity index (χ4n) is 7.64. The van der Waals surface area contributed by atoms with E-state index in [0.717, 1.165) is 87.9 Å². The summed E-state index contributed by atoms with van der Waals surface area (Å²) in [5.74, 6) is 1.73. The normalized spacial score (nSPS) is 11.9. The minimum absolute atomic E-state index is 0.556. The third-order valence-electron chi connectivity index (χ3n) is 9.89. The predicted octanol–water partition coefficient (Wildman–Crippen LogP) is 11.8. The fraction of sp³-hybridized carbons (Fsp3) is 0. The first-order valence-corrected chi connectivity index (χ1v) is 16.9. The molecule has 11 rings (SSSR count). The van der Waals surface area contributed by atoms with E-state index in [2.05, 4.69) is 102 Å². The Balaban J connectivity index is 1.18. The lowest BCUT2D eigenvalue weighted by atomic mass is 9.97. The largest absolute Gasteiger partial charge is 0.456 e. The number of para-hydroxylation sites is 3. The topological polar surface area (TPSA) is 69.9 Å². The van der Waals surface area contributed by atoms with Crippen LogP contribution >= 0.6 is 0 Å². The number of nitrogens with zero attached hydrogens (tertiary/aromatic N) is 4. The molecule has 0 amide bonds. The second-order valence-electron chi connectivity index (χ2n) is 12.8. The summed E-state index contributed by atoms with van der Waals surface area (Å²) in [6, 6.07) is 53.8. The van der Waals surface area contributed by atoms with Gasteiger partial charge in [0.15, 0.2) is 11.6 Å². The van der Waals surface area contributed by atoms with Crippen LogP contribution in [0.25, 0.3) is 106 Å². The van der Waals surface area contributed by atoms with E-state index < -0.39 is 0 Å². The summed E-state index contributed by atoms with van der Waals surface area (Å²) in [7, 11) is 0. The van der Waals surface area contributed by atoms with Gasteiger partial charge in [-0.3, -0.25) is 4.57 Å². The predicted molar refractivity (Wildman–Crippen MR) is 205 cm³/mol. The van der Waals surface area contributed by atoms with Crippen molar-refractivity contribution in [2.45, 2.75) is 0 Å². The van der Waals surface area contributed by atoms with Gasteiger partial charge in [0.1, 0.15) is 22.3 Å². The summed E-state index contributed by atoms with van der Waals surface area (Å²) < 4.78 is 14.9. The maximum atomic E-state index is 6.49. The number of hydrogen-bond acceptors (Lipinski definition) is 5. The molecule has 0 N–H and O–H groups in total. The Labute approximate surface area is 290 Å². The van der Waals surface area contributed by atoms with Crippen molar-refractivity contribution in [1.29, 1.82) is 0 Å². The van der Waals surface area contributed by atoms with E-state index in [9.17, 15) is 0 Å². The van der Waals surface area contributed by atoms with Crippen LogP contribution < -0.4 is 0 Å². The van der Waals surface area contributed by atoms with E-state index in [1.807, 2.05) is 60.7 Å². The van der Waals surface area contributed by atoms with Gasteiger partial charge in [0.05, 0.1) is 11.0 Å². The summed E-state index contributed by atoms with van der Waals surface area (Å²) in [4.78, 5) is 15.5. The van der Waals surface area contributed by atoms with Crippen molar-refractivity contribution in [2.24, 2.45) is 0 Å². The zero-order valence-electron chi connectivity index (χ0n) is 27.1. The average Bonchev–Trinajstić information content (AvgIpc) is 3.87. The van der Waals surface area contributed by atoms with Crippen LogP contribution in [0.4, 0.5) is 0 Å². The first-order chi connectivity index (χ1) is 25.3. The van der Waals surface area contributed by atoms with Crippen LogP contribution in [0, 0.1) is 0 Å². The molecule has 0 atom stereocenters. The molecule has 0 saturated carbocycles. The molecule has 0 unspecified atom stereocenters. The molecule has 7 aromatic carbocycles. The minimum atomic E-state index is 0.556. The maximum Gasteiger partial charge on any atom is 0.238 e. The highest BCUT2D eigenvalue weighted by atomic mass is 16.3. The Morgan fingerprint density at radius 3 is 1.69 bits per heavy atom. The van der Waals surface area contributed by atoms with E-state index in [1.165, 1.54) is 0 Å². The lowest BCUT2D eigenvalue weighted by Gasteiger charge is -2.11. The van der Waals surface area contributed by atoms with Gasteiger partial charge in [-0.25, -0.2) is 4.98 Å². The van der Waals surface area contributed by atoms with Gasteiger partial charge in [-0.05, 0) is 53.6 Å². The van der Waals surface area contributed by atoms with Crippen LogP contribution in [0.2, 0.25) is 0 Å². The Bertz CT molecular complexity index is 3100. The smallest absolute Gasteiger partial charge is 0.238 e. The zero-order valence-corrected chi connectivity index (χ0v) is 27.1. The van der Waals surface area contributed by atoms with Gasteiger partial charge >= 0.3 is 0 Å². The second-order valence-corrected chi connectivity index (χ2v) is 12.8. The van der Waals surface area contributed by atoms with Crippen molar-refractivity contribution in [3.63, 3.8) is 0 Å². The third-order valence-corrected chi connectivity index (χ3v) is 9.89. The Morgan fingerprint density at radius 2 is 0.941 bits per heavy atom. The molecule has 0 aliphatic carbocycles. The number of hydrogen-bond donors (Lipinski definition) is 0. The van der Waals surface area contributed by atoms with Crippen LogP contribution in [0.1, 0.15) is 0 Å². The van der Waals surface area contributed by atoms with Crippen LogP contribution in [0.5, 0.6) is 0 Å². The summed E-state index contributed by atoms with van der Waals surface area (Å²) in [6.07, 6.45) is 0.